The smallest absolute Gasteiger partial charge is 0.309 e. The average Bonchev–Trinajstić information content (AvgIpc) is 3.07. The van der Waals surface area contributed by atoms with Crippen LogP contribution in [0.25, 0.3) is 0 Å². The summed E-state index contributed by atoms with van der Waals surface area (Å²) in [5, 5.41) is 9.05. The number of carbonyl (C=O) groups excluding carboxylic acids is 1. The van der Waals surface area contributed by atoms with Crippen LogP contribution in [0.3, 0.4) is 0 Å². The van der Waals surface area contributed by atoms with E-state index in [1.165, 1.54) is 12.8 Å². The minimum Gasteiger partial charge on any atom is -0.481 e. The predicted octanol–water partition coefficient (Wildman–Crippen LogP) is 1.89. The summed E-state index contributed by atoms with van der Waals surface area (Å²) >= 11 is 0. The van der Waals surface area contributed by atoms with Gasteiger partial charge in [-0.05, 0) is 45.4 Å². The SMILES string of the molecule is CC(C)(CC(=O)N(CC1CC1)C1CC1)C(=O)O. The molecule has 0 saturated heterocycles. The number of nitrogens with zero attached hydrogens (tertiary/aromatic N) is 1. The van der Waals surface area contributed by atoms with Crippen molar-refractivity contribution in [2.24, 2.45) is 11.3 Å². The second-order valence-corrected chi connectivity index (χ2v) is 6.09. The van der Waals surface area contributed by atoms with Crippen molar-refractivity contribution in [2.45, 2.75) is 52.0 Å². The first-order valence-electron chi connectivity index (χ1n) is 6.43. The van der Waals surface area contributed by atoms with Crippen molar-refractivity contribution in [3.05, 3.63) is 0 Å². The van der Waals surface area contributed by atoms with E-state index in [2.05, 4.69) is 0 Å². The van der Waals surface area contributed by atoms with Gasteiger partial charge in [0.05, 0.1) is 5.41 Å². The molecule has 4 heteroatoms. The Balaban J connectivity index is 1.93. The Morgan fingerprint density at radius 2 is 1.82 bits per heavy atom. The Labute approximate surface area is 102 Å². The first-order chi connectivity index (χ1) is 7.90. The maximum atomic E-state index is 12.2. The molecule has 2 aliphatic carbocycles. The molecule has 0 aliphatic heterocycles. The van der Waals surface area contributed by atoms with Gasteiger partial charge in [0.25, 0.3) is 0 Å². The third-order valence-corrected chi connectivity index (χ3v) is 3.63. The molecule has 4 nitrogen and oxygen atoms in total. The van der Waals surface area contributed by atoms with Crippen LogP contribution < -0.4 is 0 Å². The summed E-state index contributed by atoms with van der Waals surface area (Å²) in [5.74, 6) is -0.202. The highest BCUT2D eigenvalue weighted by molar-refractivity contribution is 5.84. The van der Waals surface area contributed by atoms with E-state index in [9.17, 15) is 9.59 Å². The molecule has 1 N–H and O–H groups in total. The fraction of sp³-hybridized carbons (Fsp3) is 0.846. The molecule has 2 fully saturated rings. The molecule has 96 valence electrons. The van der Waals surface area contributed by atoms with Crippen molar-refractivity contribution < 1.29 is 14.7 Å². The average molecular weight is 239 g/mol. The summed E-state index contributed by atoms with van der Waals surface area (Å²) in [5.41, 5.74) is -0.951. The molecule has 0 aromatic rings. The first kappa shape index (κ1) is 12.4. The molecule has 0 aromatic heterocycles. The van der Waals surface area contributed by atoms with Gasteiger partial charge in [-0.3, -0.25) is 9.59 Å². The molecular formula is C13H21NO3. The van der Waals surface area contributed by atoms with E-state index in [1.807, 2.05) is 4.90 Å². The minimum atomic E-state index is -0.951. The Kier molecular flexibility index (Phi) is 3.15. The molecule has 0 unspecified atom stereocenters. The predicted molar refractivity (Wildman–Crippen MR) is 63.5 cm³/mol. The standard InChI is InChI=1S/C13H21NO3/c1-13(2,12(16)17)7-11(15)14(10-5-6-10)8-9-3-4-9/h9-10H,3-8H2,1-2H3,(H,16,17). The zero-order chi connectivity index (χ0) is 12.6. The number of carboxylic acid groups (broad SMARTS) is 1. The zero-order valence-electron chi connectivity index (χ0n) is 10.6. The number of hydrogen-bond acceptors (Lipinski definition) is 2. The van der Waals surface area contributed by atoms with Gasteiger partial charge >= 0.3 is 5.97 Å². The lowest BCUT2D eigenvalue weighted by atomic mass is 9.89. The van der Waals surface area contributed by atoms with Gasteiger partial charge in [0.2, 0.25) is 5.91 Å². The van der Waals surface area contributed by atoms with Crippen molar-refractivity contribution in [1.82, 2.24) is 4.90 Å². The lowest BCUT2D eigenvalue weighted by molar-refractivity contribution is -0.151. The van der Waals surface area contributed by atoms with E-state index in [0.29, 0.717) is 12.0 Å². The second-order valence-electron chi connectivity index (χ2n) is 6.09. The maximum Gasteiger partial charge on any atom is 0.309 e. The fourth-order valence-corrected chi connectivity index (χ4v) is 1.97. The van der Waals surface area contributed by atoms with E-state index in [4.69, 9.17) is 5.11 Å². The molecule has 0 aromatic carbocycles. The second kappa shape index (κ2) is 4.31. The molecule has 0 spiro atoms. The summed E-state index contributed by atoms with van der Waals surface area (Å²) in [7, 11) is 0. The van der Waals surface area contributed by atoms with Crippen LogP contribution in [0.1, 0.15) is 46.0 Å². The van der Waals surface area contributed by atoms with Crippen molar-refractivity contribution in [3.8, 4) is 0 Å². The van der Waals surface area contributed by atoms with Gasteiger partial charge in [-0.25, -0.2) is 0 Å². The number of amides is 1. The summed E-state index contributed by atoms with van der Waals surface area (Å²) in [6, 6.07) is 0.396. The summed E-state index contributed by atoms with van der Waals surface area (Å²) < 4.78 is 0. The lowest BCUT2D eigenvalue weighted by Gasteiger charge is -2.26. The number of carboxylic acids is 1. The van der Waals surface area contributed by atoms with E-state index in [1.54, 1.807) is 13.8 Å². The van der Waals surface area contributed by atoms with Gasteiger partial charge in [-0.2, -0.15) is 0 Å². The Hall–Kier alpha value is -1.06. The molecule has 2 saturated carbocycles. The number of aliphatic carboxylic acids is 1. The van der Waals surface area contributed by atoms with E-state index < -0.39 is 11.4 Å². The van der Waals surface area contributed by atoms with Crippen LogP contribution in [0.2, 0.25) is 0 Å². The van der Waals surface area contributed by atoms with Crippen LogP contribution in [0.5, 0.6) is 0 Å². The Morgan fingerprint density at radius 1 is 1.24 bits per heavy atom. The van der Waals surface area contributed by atoms with Gasteiger partial charge in [-0.15, -0.1) is 0 Å². The van der Waals surface area contributed by atoms with Gasteiger partial charge in [0.1, 0.15) is 0 Å². The van der Waals surface area contributed by atoms with Gasteiger partial charge < -0.3 is 10.0 Å². The largest absolute Gasteiger partial charge is 0.481 e. The lowest BCUT2D eigenvalue weighted by Crippen LogP contribution is -2.39. The van der Waals surface area contributed by atoms with Crippen LogP contribution in [-0.2, 0) is 9.59 Å². The number of rotatable bonds is 6. The highest BCUT2D eigenvalue weighted by atomic mass is 16.4. The van der Waals surface area contributed by atoms with Crippen LogP contribution >= 0.6 is 0 Å². The highest BCUT2D eigenvalue weighted by Gasteiger charge is 2.39. The highest BCUT2D eigenvalue weighted by Crippen LogP contribution is 2.36. The van der Waals surface area contributed by atoms with Crippen molar-refractivity contribution >= 4 is 11.9 Å². The van der Waals surface area contributed by atoms with Crippen molar-refractivity contribution in [2.75, 3.05) is 6.54 Å². The molecule has 17 heavy (non-hydrogen) atoms. The normalized spacial score (nSPS) is 20.1. The van der Waals surface area contributed by atoms with E-state index in [0.717, 1.165) is 19.4 Å². The molecule has 0 radical (unpaired) electrons. The Morgan fingerprint density at radius 3 is 2.24 bits per heavy atom. The van der Waals surface area contributed by atoms with Crippen LogP contribution in [-0.4, -0.2) is 34.5 Å². The third-order valence-electron chi connectivity index (χ3n) is 3.63. The van der Waals surface area contributed by atoms with E-state index in [-0.39, 0.29) is 12.3 Å². The van der Waals surface area contributed by atoms with E-state index >= 15 is 0 Å². The summed E-state index contributed by atoms with van der Waals surface area (Å²) in [4.78, 5) is 25.1. The maximum absolute atomic E-state index is 12.2. The molecule has 0 heterocycles. The molecule has 0 atom stereocenters. The Bertz CT molecular complexity index is 330. The van der Waals surface area contributed by atoms with Crippen molar-refractivity contribution in [1.29, 1.82) is 0 Å². The number of hydrogen-bond donors (Lipinski definition) is 1. The zero-order valence-corrected chi connectivity index (χ0v) is 10.6. The molecular weight excluding hydrogens is 218 g/mol. The van der Waals surface area contributed by atoms with Gasteiger partial charge in [0, 0.05) is 19.0 Å². The van der Waals surface area contributed by atoms with Crippen molar-refractivity contribution in [3.63, 3.8) is 0 Å². The van der Waals surface area contributed by atoms with Crippen LogP contribution in [0.15, 0.2) is 0 Å². The third kappa shape index (κ3) is 3.20. The fourth-order valence-electron chi connectivity index (χ4n) is 1.97. The monoisotopic (exact) mass is 239 g/mol. The number of carbonyl (C=O) groups is 2. The van der Waals surface area contributed by atoms with Crippen LogP contribution in [0, 0.1) is 11.3 Å². The minimum absolute atomic E-state index is 0.0202. The summed E-state index contributed by atoms with van der Waals surface area (Å²) in [6.45, 7) is 4.09. The molecule has 2 rings (SSSR count). The topological polar surface area (TPSA) is 57.6 Å². The molecule has 1 amide bonds. The molecule has 0 bridgehead atoms. The van der Waals surface area contributed by atoms with Gasteiger partial charge in [-0.1, -0.05) is 0 Å². The molecule has 2 aliphatic rings. The quantitative estimate of drug-likeness (QED) is 0.770. The van der Waals surface area contributed by atoms with Crippen LogP contribution in [0.4, 0.5) is 0 Å². The van der Waals surface area contributed by atoms with Gasteiger partial charge in [0.15, 0.2) is 0 Å². The summed E-state index contributed by atoms with van der Waals surface area (Å²) in [6.07, 6.45) is 4.74. The first-order valence-corrected chi connectivity index (χ1v) is 6.43.